The number of carbonyl (C=O) groups is 3. The molecule has 0 radical (unpaired) electrons. The number of ketones is 1. The molecule has 2 aliphatic rings. The molecule has 1 aliphatic heterocycles. The SMILES string of the molecule is CC(=O)c1nn(CC(=O)N2C3C[C@@H]3C[C@H]2C(=O)Nc2cncc(Br)n2)c2ccc(-c3cnc(C)nc3)cc12. The summed E-state index contributed by atoms with van der Waals surface area (Å²) in [5, 5.41) is 7.92. The zero-order chi connectivity index (χ0) is 26.6. The molecular formula is C26H23BrN8O3. The van der Waals surface area contributed by atoms with Crippen LogP contribution in [0, 0.1) is 12.8 Å². The number of aryl methyl sites for hydroxylation is 1. The van der Waals surface area contributed by atoms with Crippen LogP contribution in [0.15, 0.2) is 47.6 Å². The second kappa shape index (κ2) is 9.35. The normalized spacial score (nSPS) is 19.9. The number of carbonyl (C=O) groups excluding carboxylic acids is 3. The maximum Gasteiger partial charge on any atom is 0.248 e. The van der Waals surface area contributed by atoms with Gasteiger partial charge in [-0.1, -0.05) is 6.07 Å². The molecule has 1 saturated heterocycles. The first-order valence-electron chi connectivity index (χ1n) is 12.2. The van der Waals surface area contributed by atoms with E-state index in [0.717, 1.165) is 17.5 Å². The first kappa shape index (κ1) is 24.3. The highest BCUT2D eigenvalue weighted by Gasteiger charge is 2.56. The van der Waals surface area contributed by atoms with Gasteiger partial charge in [0, 0.05) is 36.3 Å². The second-order valence-corrected chi connectivity index (χ2v) is 10.5. The van der Waals surface area contributed by atoms with E-state index >= 15 is 0 Å². The number of Topliss-reactive ketones (excluding diaryl/α,β-unsaturated/α-hetero) is 1. The number of rotatable bonds is 6. The fraction of sp³-hybridized carbons (Fsp3) is 0.308. The summed E-state index contributed by atoms with van der Waals surface area (Å²) in [4.78, 5) is 57.5. The Morgan fingerprint density at radius 3 is 2.61 bits per heavy atom. The van der Waals surface area contributed by atoms with Crippen LogP contribution >= 0.6 is 15.9 Å². The van der Waals surface area contributed by atoms with Crippen molar-refractivity contribution in [1.82, 2.24) is 34.6 Å². The van der Waals surface area contributed by atoms with Crippen LogP contribution in [0.3, 0.4) is 0 Å². The Morgan fingerprint density at radius 2 is 1.87 bits per heavy atom. The molecule has 6 rings (SSSR count). The van der Waals surface area contributed by atoms with Gasteiger partial charge in [-0.2, -0.15) is 5.10 Å². The summed E-state index contributed by atoms with van der Waals surface area (Å²) >= 11 is 3.25. The lowest BCUT2D eigenvalue weighted by molar-refractivity contribution is -0.138. The number of benzene rings is 1. The average Bonchev–Trinajstić information content (AvgIpc) is 3.39. The molecule has 2 amide bonds. The highest BCUT2D eigenvalue weighted by molar-refractivity contribution is 9.10. The van der Waals surface area contributed by atoms with E-state index in [9.17, 15) is 14.4 Å². The minimum atomic E-state index is -0.603. The van der Waals surface area contributed by atoms with Crippen molar-refractivity contribution in [2.24, 2.45) is 5.92 Å². The first-order chi connectivity index (χ1) is 18.3. The van der Waals surface area contributed by atoms with E-state index in [-0.39, 0.29) is 35.9 Å². The van der Waals surface area contributed by atoms with E-state index in [4.69, 9.17) is 0 Å². The Morgan fingerprint density at radius 1 is 1.08 bits per heavy atom. The zero-order valence-electron chi connectivity index (χ0n) is 20.6. The fourth-order valence-electron chi connectivity index (χ4n) is 5.15. The van der Waals surface area contributed by atoms with E-state index < -0.39 is 6.04 Å². The van der Waals surface area contributed by atoms with Crippen molar-refractivity contribution in [3.8, 4) is 11.1 Å². The van der Waals surface area contributed by atoms with Gasteiger partial charge in [-0.05, 0) is 59.3 Å². The van der Waals surface area contributed by atoms with Gasteiger partial charge >= 0.3 is 0 Å². The minimum absolute atomic E-state index is 0.0362. The molecule has 4 aromatic rings. The Hall–Kier alpha value is -4.06. The number of hydrogen-bond donors (Lipinski definition) is 1. The maximum absolute atomic E-state index is 13.6. The van der Waals surface area contributed by atoms with Crippen molar-refractivity contribution in [1.29, 1.82) is 0 Å². The predicted molar refractivity (Wildman–Crippen MR) is 141 cm³/mol. The zero-order valence-corrected chi connectivity index (χ0v) is 22.2. The number of amides is 2. The van der Waals surface area contributed by atoms with Crippen LogP contribution in [0.2, 0.25) is 0 Å². The van der Waals surface area contributed by atoms with Gasteiger partial charge in [0.1, 0.15) is 28.7 Å². The summed E-state index contributed by atoms with van der Waals surface area (Å²) in [7, 11) is 0. The third kappa shape index (κ3) is 4.44. The van der Waals surface area contributed by atoms with E-state index in [1.54, 1.807) is 22.0 Å². The van der Waals surface area contributed by atoms with Crippen molar-refractivity contribution in [3.05, 3.63) is 59.1 Å². The number of anilines is 1. The smallest absolute Gasteiger partial charge is 0.248 e. The number of piperidine rings is 1. The molecule has 1 aliphatic carbocycles. The molecule has 12 heteroatoms. The Balaban J connectivity index is 1.27. The second-order valence-electron chi connectivity index (χ2n) is 9.65. The van der Waals surface area contributed by atoms with E-state index in [1.807, 2.05) is 25.1 Å². The van der Waals surface area contributed by atoms with Crippen LogP contribution in [-0.4, -0.2) is 64.3 Å². The van der Waals surface area contributed by atoms with Gasteiger partial charge in [-0.25, -0.2) is 15.0 Å². The predicted octanol–water partition coefficient (Wildman–Crippen LogP) is 3.18. The van der Waals surface area contributed by atoms with Gasteiger partial charge in [-0.15, -0.1) is 0 Å². The van der Waals surface area contributed by atoms with Crippen molar-refractivity contribution in [3.63, 3.8) is 0 Å². The number of nitrogens with one attached hydrogen (secondary N) is 1. The molecule has 1 N–H and O–H groups in total. The third-order valence-electron chi connectivity index (χ3n) is 7.03. The van der Waals surface area contributed by atoms with E-state index in [0.29, 0.717) is 39.5 Å². The lowest BCUT2D eigenvalue weighted by Gasteiger charge is -2.26. The van der Waals surface area contributed by atoms with Crippen molar-refractivity contribution in [2.45, 2.75) is 45.3 Å². The van der Waals surface area contributed by atoms with Gasteiger partial charge in [-0.3, -0.25) is 24.0 Å². The molecule has 0 bridgehead atoms. The van der Waals surface area contributed by atoms with Gasteiger partial charge < -0.3 is 10.2 Å². The number of hydrogen-bond acceptors (Lipinski definition) is 8. The first-order valence-corrected chi connectivity index (χ1v) is 13.0. The Kier molecular flexibility index (Phi) is 5.98. The lowest BCUT2D eigenvalue weighted by Crippen LogP contribution is -2.46. The van der Waals surface area contributed by atoms with Crippen molar-refractivity contribution < 1.29 is 14.4 Å². The maximum atomic E-state index is 13.6. The third-order valence-corrected chi connectivity index (χ3v) is 7.42. The topological polar surface area (TPSA) is 136 Å². The standard InChI is InChI=1S/C26H23BrN8O3/c1-13(36)25-18-5-15(17-8-29-14(2)30-9-17)3-4-19(18)34(33-25)12-24(37)35-20-6-16(20)7-21(35)26(38)32-23-11-28-10-22(27)31-23/h3-5,8-11,16,20-21H,6-7,12H2,1-2H3,(H,31,32,38)/t16-,20?,21+/m1/s1. The molecule has 1 saturated carbocycles. The van der Waals surface area contributed by atoms with Gasteiger partial charge in [0.25, 0.3) is 0 Å². The molecule has 0 spiro atoms. The monoisotopic (exact) mass is 574 g/mol. The van der Waals surface area contributed by atoms with Crippen LogP contribution in [0.4, 0.5) is 5.82 Å². The van der Waals surface area contributed by atoms with Crippen molar-refractivity contribution in [2.75, 3.05) is 5.32 Å². The Bertz CT molecular complexity index is 1600. The average molecular weight is 575 g/mol. The quantitative estimate of drug-likeness (QED) is 0.347. The van der Waals surface area contributed by atoms with E-state index in [2.05, 4.69) is 46.3 Å². The number of likely N-dealkylation sites (tertiary alicyclic amines) is 1. The molecule has 3 atom stereocenters. The number of halogens is 1. The molecule has 1 aromatic carbocycles. The molecular weight excluding hydrogens is 552 g/mol. The summed E-state index contributed by atoms with van der Waals surface area (Å²) in [5.74, 6) is 0.584. The van der Waals surface area contributed by atoms with Crippen LogP contribution < -0.4 is 5.32 Å². The summed E-state index contributed by atoms with van der Waals surface area (Å²) in [5.41, 5.74) is 2.61. The van der Waals surface area contributed by atoms with Crippen LogP contribution in [0.1, 0.15) is 36.1 Å². The van der Waals surface area contributed by atoms with Gasteiger partial charge in [0.15, 0.2) is 11.6 Å². The molecule has 1 unspecified atom stereocenters. The lowest BCUT2D eigenvalue weighted by atomic mass is 10.0. The molecule has 2 fully saturated rings. The molecule has 11 nitrogen and oxygen atoms in total. The van der Waals surface area contributed by atoms with E-state index in [1.165, 1.54) is 19.3 Å². The molecule has 192 valence electrons. The number of aromatic nitrogens is 6. The van der Waals surface area contributed by atoms with Crippen LogP contribution in [-0.2, 0) is 16.1 Å². The molecule has 38 heavy (non-hydrogen) atoms. The summed E-state index contributed by atoms with van der Waals surface area (Å²) in [6, 6.07) is 5.04. The number of fused-ring (bicyclic) bond motifs is 2. The molecule has 3 aromatic heterocycles. The summed E-state index contributed by atoms with van der Waals surface area (Å²) in [6.45, 7) is 3.19. The highest BCUT2D eigenvalue weighted by atomic mass is 79.9. The Labute approximate surface area is 225 Å². The summed E-state index contributed by atoms with van der Waals surface area (Å²) < 4.78 is 2.05. The summed E-state index contributed by atoms with van der Waals surface area (Å²) in [6.07, 6.45) is 7.93. The minimum Gasteiger partial charge on any atom is -0.326 e. The van der Waals surface area contributed by atoms with Gasteiger partial charge in [0.2, 0.25) is 11.8 Å². The van der Waals surface area contributed by atoms with Crippen LogP contribution in [0.25, 0.3) is 22.0 Å². The van der Waals surface area contributed by atoms with Crippen LogP contribution in [0.5, 0.6) is 0 Å². The van der Waals surface area contributed by atoms with Crippen molar-refractivity contribution >= 4 is 50.2 Å². The fourth-order valence-corrected chi connectivity index (χ4v) is 5.46. The highest BCUT2D eigenvalue weighted by Crippen LogP contribution is 2.48. The molecule has 4 heterocycles. The largest absolute Gasteiger partial charge is 0.326 e. The van der Waals surface area contributed by atoms with Gasteiger partial charge in [0.05, 0.1) is 17.9 Å². The number of nitrogens with zero attached hydrogens (tertiary/aromatic N) is 7.